The first-order valence-electron chi connectivity index (χ1n) is 8.94. The minimum Gasteiger partial charge on any atom is -0.465 e. The molecule has 0 radical (unpaired) electrons. The van der Waals surface area contributed by atoms with Crippen LogP contribution in [0.25, 0.3) is 11.1 Å². The van der Waals surface area contributed by atoms with Gasteiger partial charge in [-0.1, -0.05) is 54.6 Å². The van der Waals surface area contributed by atoms with Crippen LogP contribution in [0.15, 0.2) is 30.3 Å². The molecule has 1 aliphatic rings. The summed E-state index contributed by atoms with van der Waals surface area (Å²) >= 11 is 12.5. The number of nitrogens with one attached hydrogen (secondary N) is 1. The molecule has 0 unspecified atom stereocenters. The zero-order valence-electron chi connectivity index (χ0n) is 15.1. The second kappa shape index (κ2) is 8.32. The SMILES string of the molecule is COC(=O)c1c(NC2CCCCC2)cc(C)cc1-c1ccc(Cl)cc1Cl. The number of rotatable bonds is 4. The highest BCUT2D eigenvalue weighted by molar-refractivity contribution is 6.36. The predicted molar refractivity (Wildman–Crippen MR) is 108 cm³/mol. The Morgan fingerprint density at radius 3 is 2.46 bits per heavy atom. The summed E-state index contributed by atoms with van der Waals surface area (Å²) in [5.41, 5.74) is 3.92. The number of halogens is 2. The number of aryl methyl sites for hydroxylation is 1. The van der Waals surface area contributed by atoms with Gasteiger partial charge in [-0.15, -0.1) is 0 Å². The summed E-state index contributed by atoms with van der Waals surface area (Å²) in [6, 6.07) is 9.66. The molecule has 0 bridgehead atoms. The third kappa shape index (κ3) is 4.16. The molecule has 3 nitrogen and oxygen atoms in total. The number of carbonyl (C=O) groups is 1. The molecule has 2 aromatic rings. The number of ether oxygens (including phenoxy) is 1. The van der Waals surface area contributed by atoms with Crippen molar-refractivity contribution in [1.29, 1.82) is 0 Å². The Hall–Kier alpha value is -1.71. The van der Waals surface area contributed by atoms with E-state index >= 15 is 0 Å². The van der Waals surface area contributed by atoms with E-state index in [0.29, 0.717) is 21.7 Å². The van der Waals surface area contributed by atoms with Crippen LogP contribution in [0.3, 0.4) is 0 Å². The van der Waals surface area contributed by atoms with Gasteiger partial charge in [-0.25, -0.2) is 4.79 Å². The highest BCUT2D eigenvalue weighted by Crippen LogP contribution is 2.37. The Morgan fingerprint density at radius 1 is 1.08 bits per heavy atom. The van der Waals surface area contributed by atoms with Crippen LogP contribution < -0.4 is 5.32 Å². The molecule has 138 valence electrons. The van der Waals surface area contributed by atoms with Gasteiger partial charge in [-0.05, 0) is 43.5 Å². The topological polar surface area (TPSA) is 38.3 Å². The summed E-state index contributed by atoms with van der Waals surface area (Å²) in [5.74, 6) is -0.371. The van der Waals surface area contributed by atoms with E-state index in [0.717, 1.165) is 35.2 Å². The largest absolute Gasteiger partial charge is 0.465 e. The van der Waals surface area contributed by atoms with Crippen molar-refractivity contribution in [1.82, 2.24) is 0 Å². The van der Waals surface area contributed by atoms with E-state index in [4.69, 9.17) is 27.9 Å². The monoisotopic (exact) mass is 391 g/mol. The highest BCUT2D eigenvalue weighted by atomic mass is 35.5. The number of methoxy groups -OCH3 is 1. The smallest absolute Gasteiger partial charge is 0.340 e. The van der Waals surface area contributed by atoms with Crippen LogP contribution in [0.2, 0.25) is 10.0 Å². The molecule has 0 amide bonds. The average Bonchev–Trinajstić information content (AvgIpc) is 2.61. The summed E-state index contributed by atoms with van der Waals surface area (Å²) in [6.07, 6.45) is 5.94. The van der Waals surface area contributed by atoms with E-state index in [1.807, 2.05) is 25.1 Å². The fraction of sp³-hybridized carbons (Fsp3) is 0.381. The number of carbonyl (C=O) groups excluding carboxylic acids is 1. The van der Waals surface area contributed by atoms with Gasteiger partial charge in [0.15, 0.2) is 0 Å². The third-order valence-corrected chi connectivity index (χ3v) is 5.41. The molecule has 1 aliphatic carbocycles. The second-order valence-electron chi connectivity index (χ2n) is 6.83. The van der Waals surface area contributed by atoms with Crippen molar-refractivity contribution in [3.63, 3.8) is 0 Å². The molecule has 1 N–H and O–H groups in total. The fourth-order valence-corrected chi connectivity index (χ4v) is 4.12. The lowest BCUT2D eigenvalue weighted by Crippen LogP contribution is -2.24. The molecule has 1 fully saturated rings. The average molecular weight is 392 g/mol. The van der Waals surface area contributed by atoms with E-state index in [1.165, 1.54) is 26.4 Å². The Morgan fingerprint density at radius 2 is 1.81 bits per heavy atom. The molecule has 0 spiro atoms. The van der Waals surface area contributed by atoms with Crippen LogP contribution in [0.4, 0.5) is 5.69 Å². The van der Waals surface area contributed by atoms with Gasteiger partial charge in [-0.3, -0.25) is 0 Å². The zero-order valence-corrected chi connectivity index (χ0v) is 16.6. The van der Waals surface area contributed by atoms with Gasteiger partial charge in [0, 0.05) is 32.9 Å². The van der Waals surface area contributed by atoms with Crippen LogP contribution >= 0.6 is 23.2 Å². The summed E-state index contributed by atoms with van der Waals surface area (Å²) in [6.45, 7) is 2.01. The zero-order chi connectivity index (χ0) is 18.7. The molecule has 1 saturated carbocycles. The summed E-state index contributed by atoms with van der Waals surface area (Å²) in [4.78, 5) is 12.6. The first-order chi connectivity index (χ1) is 12.5. The van der Waals surface area contributed by atoms with Gasteiger partial charge < -0.3 is 10.1 Å². The predicted octanol–water partition coefficient (Wildman–Crippen LogP) is 6.50. The second-order valence-corrected chi connectivity index (χ2v) is 7.67. The van der Waals surface area contributed by atoms with Gasteiger partial charge in [0.1, 0.15) is 0 Å². The minimum absolute atomic E-state index is 0.371. The maximum Gasteiger partial charge on any atom is 0.340 e. The highest BCUT2D eigenvalue weighted by Gasteiger charge is 2.23. The van der Waals surface area contributed by atoms with E-state index in [1.54, 1.807) is 12.1 Å². The third-order valence-electron chi connectivity index (χ3n) is 4.86. The van der Waals surface area contributed by atoms with Gasteiger partial charge in [0.25, 0.3) is 0 Å². The van der Waals surface area contributed by atoms with Gasteiger partial charge in [0.2, 0.25) is 0 Å². The van der Waals surface area contributed by atoms with Crippen molar-refractivity contribution in [2.24, 2.45) is 0 Å². The Labute approximate surface area is 164 Å². The van der Waals surface area contributed by atoms with E-state index in [2.05, 4.69) is 5.32 Å². The quantitative estimate of drug-likeness (QED) is 0.604. The molecule has 26 heavy (non-hydrogen) atoms. The normalized spacial score (nSPS) is 14.9. The maximum atomic E-state index is 12.6. The molecule has 5 heteroatoms. The molecule has 0 atom stereocenters. The molecule has 2 aromatic carbocycles. The Kier molecular flexibility index (Phi) is 6.10. The number of benzene rings is 2. The van der Waals surface area contributed by atoms with E-state index in [9.17, 15) is 4.79 Å². The van der Waals surface area contributed by atoms with Crippen molar-refractivity contribution in [3.8, 4) is 11.1 Å². The van der Waals surface area contributed by atoms with Gasteiger partial charge in [-0.2, -0.15) is 0 Å². The number of hydrogen-bond donors (Lipinski definition) is 1. The summed E-state index contributed by atoms with van der Waals surface area (Å²) < 4.78 is 5.08. The lowest BCUT2D eigenvalue weighted by molar-refractivity contribution is 0.0602. The minimum atomic E-state index is -0.371. The number of hydrogen-bond acceptors (Lipinski definition) is 3. The Balaban J connectivity index is 2.12. The summed E-state index contributed by atoms with van der Waals surface area (Å²) in [5, 5.41) is 4.65. The maximum absolute atomic E-state index is 12.6. The van der Waals surface area contributed by atoms with Crippen molar-refractivity contribution < 1.29 is 9.53 Å². The van der Waals surface area contributed by atoms with Crippen molar-refractivity contribution in [2.75, 3.05) is 12.4 Å². The van der Waals surface area contributed by atoms with Crippen molar-refractivity contribution in [3.05, 3.63) is 51.5 Å². The molecule has 3 rings (SSSR count). The van der Waals surface area contributed by atoms with E-state index in [-0.39, 0.29) is 5.97 Å². The Bertz CT molecular complexity index is 814. The van der Waals surface area contributed by atoms with E-state index < -0.39 is 0 Å². The molecule has 0 heterocycles. The van der Waals surface area contributed by atoms with Crippen LogP contribution in [0, 0.1) is 6.92 Å². The van der Waals surface area contributed by atoms with Crippen LogP contribution in [-0.2, 0) is 4.74 Å². The first-order valence-corrected chi connectivity index (χ1v) is 9.70. The van der Waals surface area contributed by atoms with Crippen molar-refractivity contribution >= 4 is 34.9 Å². The molecule has 0 aliphatic heterocycles. The molecule has 0 aromatic heterocycles. The van der Waals surface area contributed by atoms with Crippen LogP contribution in [0.1, 0.15) is 48.0 Å². The van der Waals surface area contributed by atoms with Crippen molar-refractivity contribution in [2.45, 2.75) is 45.1 Å². The summed E-state index contributed by atoms with van der Waals surface area (Å²) in [7, 11) is 1.40. The first kappa shape index (κ1) is 19.1. The standard InChI is InChI=1S/C21H23Cl2NO2/c1-13-10-17(16-9-8-14(22)12-18(16)23)20(21(25)26-2)19(11-13)24-15-6-4-3-5-7-15/h8-12,15,24H,3-7H2,1-2H3. The van der Waals surface area contributed by atoms with Gasteiger partial charge >= 0.3 is 5.97 Å². The lowest BCUT2D eigenvalue weighted by atomic mass is 9.92. The van der Waals surface area contributed by atoms with Crippen LogP contribution in [-0.4, -0.2) is 19.1 Å². The molecular formula is C21H23Cl2NO2. The van der Waals surface area contributed by atoms with Crippen LogP contribution in [0.5, 0.6) is 0 Å². The fourth-order valence-electron chi connectivity index (χ4n) is 3.61. The molecule has 0 saturated heterocycles. The lowest BCUT2D eigenvalue weighted by Gasteiger charge is -2.26. The van der Waals surface area contributed by atoms with Gasteiger partial charge in [0.05, 0.1) is 12.7 Å². The number of anilines is 1. The number of esters is 1. The molecular weight excluding hydrogens is 369 g/mol.